The van der Waals surface area contributed by atoms with Gasteiger partial charge in [0.2, 0.25) is 0 Å². The lowest BCUT2D eigenvalue weighted by molar-refractivity contribution is -0.152. The summed E-state index contributed by atoms with van der Waals surface area (Å²) in [5.74, 6) is 0.126. The van der Waals surface area contributed by atoms with Crippen LogP contribution in [0, 0.1) is 0 Å². The molecule has 7 nitrogen and oxygen atoms in total. The summed E-state index contributed by atoms with van der Waals surface area (Å²) in [4.78, 5) is 28.5. The number of hydrogen-bond donors (Lipinski definition) is 1. The first kappa shape index (κ1) is 28.4. The van der Waals surface area contributed by atoms with Crippen molar-refractivity contribution in [1.29, 1.82) is 0 Å². The molecule has 2 aromatic rings. The maximum atomic E-state index is 13.2. The Morgan fingerprint density at radius 3 is 2.19 bits per heavy atom. The molecule has 2 aromatic carbocycles. The molecule has 0 spiro atoms. The fraction of sp³-hybridized carbons (Fsp3) is 0.533. The molecule has 1 aliphatic heterocycles. The molecule has 1 fully saturated rings. The maximum absolute atomic E-state index is 13.2. The summed E-state index contributed by atoms with van der Waals surface area (Å²) in [6, 6.07) is 15.7. The molecule has 1 aliphatic rings. The second-order valence-corrected chi connectivity index (χ2v) is 11.3. The van der Waals surface area contributed by atoms with Crippen molar-refractivity contribution in [3.05, 3.63) is 59.7 Å². The molecule has 0 radical (unpaired) electrons. The zero-order chi connectivity index (χ0) is 27.2. The molecule has 0 saturated carbocycles. The molecule has 37 heavy (non-hydrogen) atoms. The molecular formula is C30H42N2O5. The van der Waals surface area contributed by atoms with Gasteiger partial charge in [-0.25, -0.2) is 9.59 Å². The van der Waals surface area contributed by atoms with Gasteiger partial charge in [-0.15, -0.1) is 0 Å². The van der Waals surface area contributed by atoms with E-state index in [9.17, 15) is 14.7 Å². The fourth-order valence-corrected chi connectivity index (χ4v) is 4.34. The standard InChI is InChI=1S/C30H42N2O5/c1-7-8-18-32-24(17-19-36-25-13-15-26(16-14-25)37-30(5,6)27(33)34)21-31(28(32)35)20-22-9-11-23(12-10-22)29(2,3)4/h9-16,24H,7-8,17-21H2,1-6H3,(H,33,34). The van der Waals surface area contributed by atoms with Gasteiger partial charge in [0, 0.05) is 26.1 Å². The maximum Gasteiger partial charge on any atom is 0.347 e. The van der Waals surface area contributed by atoms with Gasteiger partial charge >= 0.3 is 12.0 Å². The Morgan fingerprint density at radius 1 is 1.00 bits per heavy atom. The normalized spacial score (nSPS) is 16.3. The van der Waals surface area contributed by atoms with Crippen LogP contribution in [0.25, 0.3) is 0 Å². The van der Waals surface area contributed by atoms with Gasteiger partial charge < -0.3 is 24.4 Å². The molecule has 1 heterocycles. The van der Waals surface area contributed by atoms with Gasteiger partial charge in [-0.3, -0.25) is 0 Å². The van der Waals surface area contributed by atoms with Crippen molar-refractivity contribution in [2.75, 3.05) is 19.7 Å². The zero-order valence-corrected chi connectivity index (χ0v) is 23.1. The van der Waals surface area contributed by atoms with Crippen LogP contribution in [0.5, 0.6) is 11.5 Å². The number of carbonyl (C=O) groups is 2. The van der Waals surface area contributed by atoms with Crippen LogP contribution in [0.15, 0.2) is 48.5 Å². The topological polar surface area (TPSA) is 79.3 Å². The van der Waals surface area contributed by atoms with Crippen molar-refractivity contribution in [1.82, 2.24) is 9.80 Å². The number of hydrogen-bond acceptors (Lipinski definition) is 4. The molecule has 0 bridgehead atoms. The van der Waals surface area contributed by atoms with E-state index in [1.54, 1.807) is 24.3 Å². The first-order valence-electron chi connectivity index (χ1n) is 13.2. The Kier molecular flexibility index (Phi) is 9.11. The van der Waals surface area contributed by atoms with Crippen molar-refractivity contribution in [2.24, 2.45) is 0 Å². The number of benzene rings is 2. The lowest BCUT2D eigenvalue weighted by Gasteiger charge is -2.23. The summed E-state index contributed by atoms with van der Waals surface area (Å²) in [6.45, 7) is 14.3. The van der Waals surface area contributed by atoms with E-state index >= 15 is 0 Å². The van der Waals surface area contributed by atoms with E-state index in [1.807, 2.05) is 9.80 Å². The molecule has 3 rings (SSSR count). The Bertz CT molecular complexity index is 1040. The lowest BCUT2D eigenvalue weighted by atomic mass is 9.87. The molecule has 1 unspecified atom stereocenters. The number of carboxylic acids is 1. The van der Waals surface area contributed by atoms with Crippen LogP contribution < -0.4 is 9.47 Å². The van der Waals surface area contributed by atoms with Crippen LogP contribution in [0.1, 0.15) is 71.9 Å². The number of unbranched alkanes of at least 4 members (excludes halogenated alkanes) is 1. The van der Waals surface area contributed by atoms with Gasteiger partial charge in [-0.2, -0.15) is 0 Å². The highest BCUT2D eigenvalue weighted by molar-refractivity contribution is 5.77. The number of amides is 2. The summed E-state index contributed by atoms with van der Waals surface area (Å²) in [6.07, 6.45) is 2.75. The predicted molar refractivity (Wildman–Crippen MR) is 145 cm³/mol. The first-order chi connectivity index (χ1) is 17.4. The third kappa shape index (κ3) is 7.63. The van der Waals surface area contributed by atoms with Crippen LogP contribution in [0.4, 0.5) is 4.79 Å². The summed E-state index contributed by atoms with van der Waals surface area (Å²) >= 11 is 0. The molecule has 7 heteroatoms. The van der Waals surface area contributed by atoms with Crippen LogP contribution >= 0.6 is 0 Å². The fourth-order valence-electron chi connectivity index (χ4n) is 4.34. The molecule has 2 amide bonds. The minimum atomic E-state index is -1.31. The average Bonchev–Trinajstić information content (AvgIpc) is 3.12. The highest BCUT2D eigenvalue weighted by Gasteiger charge is 2.36. The first-order valence-corrected chi connectivity index (χ1v) is 13.2. The SMILES string of the molecule is CCCCN1C(=O)N(Cc2ccc(C(C)(C)C)cc2)CC1CCOc1ccc(OC(C)(C)C(=O)O)cc1. The summed E-state index contributed by atoms with van der Waals surface area (Å²) < 4.78 is 11.5. The Balaban J connectivity index is 1.57. The summed E-state index contributed by atoms with van der Waals surface area (Å²) in [5, 5.41) is 9.23. The zero-order valence-electron chi connectivity index (χ0n) is 23.1. The molecular weight excluding hydrogens is 468 g/mol. The molecule has 202 valence electrons. The largest absolute Gasteiger partial charge is 0.494 e. The van der Waals surface area contributed by atoms with Crippen LogP contribution in [-0.2, 0) is 16.8 Å². The Hall–Kier alpha value is -3.22. The van der Waals surface area contributed by atoms with E-state index < -0.39 is 11.6 Å². The predicted octanol–water partition coefficient (Wildman–Crippen LogP) is 6.10. The van der Waals surface area contributed by atoms with Crippen molar-refractivity contribution in [2.45, 2.75) is 84.4 Å². The van der Waals surface area contributed by atoms with Gasteiger partial charge in [0.05, 0.1) is 12.6 Å². The second-order valence-electron chi connectivity index (χ2n) is 11.3. The minimum absolute atomic E-state index is 0.0981. The number of carbonyl (C=O) groups excluding carboxylic acids is 1. The minimum Gasteiger partial charge on any atom is -0.494 e. The van der Waals surface area contributed by atoms with Crippen molar-refractivity contribution < 1.29 is 24.2 Å². The van der Waals surface area contributed by atoms with E-state index in [2.05, 4.69) is 52.0 Å². The van der Waals surface area contributed by atoms with Crippen molar-refractivity contribution in [3.63, 3.8) is 0 Å². The number of ether oxygens (including phenoxy) is 2. The third-order valence-electron chi connectivity index (χ3n) is 6.77. The number of nitrogens with zero attached hydrogens (tertiary/aromatic N) is 2. The number of carboxylic acid groups (broad SMARTS) is 1. The second kappa shape index (κ2) is 11.9. The molecule has 0 aliphatic carbocycles. The van der Waals surface area contributed by atoms with Gasteiger partial charge in [-0.1, -0.05) is 58.4 Å². The van der Waals surface area contributed by atoms with Crippen molar-refractivity contribution >= 4 is 12.0 Å². The van der Waals surface area contributed by atoms with E-state index in [0.29, 0.717) is 31.2 Å². The number of aliphatic carboxylic acids is 1. The summed E-state index contributed by atoms with van der Waals surface area (Å²) in [7, 11) is 0. The smallest absolute Gasteiger partial charge is 0.347 e. The van der Waals surface area contributed by atoms with Crippen LogP contribution in [0.2, 0.25) is 0 Å². The summed E-state index contributed by atoms with van der Waals surface area (Å²) in [5.41, 5.74) is 1.22. The van der Waals surface area contributed by atoms with Crippen LogP contribution in [-0.4, -0.2) is 58.2 Å². The van der Waals surface area contributed by atoms with Gasteiger partial charge in [0.25, 0.3) is 0 Å². The highest BCUT2D eigenvalue weighted by atomic mass is 16.5. The van der Waals surface area contributed by atoms with Crippen molar-refractivity contribution in [3.8, 4) is 11.5 Å². The Morgan fingerprint density at radius 2 is 1.62 bits per heavy atom. The highest BCUT2D eigenvalue weighted by Crippen LogP contribution is 2.26. The Labute approximate surface area is 221 Å². The molecule has 1 atom stereocenters. The van der Waals surface area contributed by atoms with E-state index in [4.69, 9.17) is 9.47 Å². The van der Waals surface area contributed by atoms with Crippen LogP contribution in [0.3, 0.4) is 0 Å². The molecule has 1 N–H and O–H groups in total. The molecule has 1 saturated heterocycles. The average molecular weight is 511 g/mol. The monoisotopic (exact) mass is 510 g/mol. The van der Waals surface area contributed by atoms with E-state index in [1.165, 1.54) is 19.4 Å². The lowest BCUT2D eigenvalue weighted by Crippen LogP contribution is -2.37. The van der Waals surface area contributed by atoms with E-state index in [0.717, 1.165) is 31.4 Å². The van der Waals surface area contributed by atoms with Gasteiger partial charge in [0.15, 0.2) is 5.60 Å². The third-order valence-corrected chi connectivity index (χ3v) is 6.77. The van der Waals surface area contributed by atoms with E-state index in [-0.39, 0.29) is 17.5 Å². The number of urea groups is 1. The quantitative estimate of drug-likeness (QED) is 0.373. The van der Waals surface area contributed by atoms with Gasteiger partial charge in [0.1, 0.15) is 11.5 Å². The molecule has 0 aromatic heterocycles. The number of rotatable bonds is 12. The van der Waals surface area contributed by atoms with Gasteiger partial charge in [-0.05, 0) is 61.1 Å².